The molecule has 0 aromatic rings. The Hall–Kier alpha value is -1.17. The number of nitrogens with zero attached hydrogens (tertiary/aromatic N) is 2. The number of carbonyl (C=O) groups is 1. The van der Waals surface area contributed by atoms with Gasteiger partial charge in [0.05, 0.1) is 13.5 Å². The van der Waals surface area contributed by atoms with Gasteiger partial charge >= 0.3 is 5.97 Å². The number of amidine groups is 1. The minimum absolute atomic E-state index is 0.153. The number of likely N-dealkylation sites (tertiary alicyclic amines) is 1. The van der Waals surface area contributed by atoms with Crippen LogP contribution in [-0.2, 0) is 9.53 Å². The van der Waals surface area contributed by atoms with E-state index in [2.05, 4.69) is 16.8 Å². The van der Waals surface area contributed by atoms with Gasteiger partial charge in [-0.15, -0.1) is 0 Å². The van der Waals surface area contributed by atoms with Crippen LogP contribution < -0.4 is 5.73 Å². The first-order valence-electron chi connectivity index (χ1n) is 5.79. The fraction of sp³-hybridized carbons (Fsp3) is 0.727. The highest BCUT2D eigenvalue weighted by Crippen LogP contribution is 2.23. The molecule has 2 N–H and O–H groups in total. The molecule has 1 atom stereocenters. The van der Waals surface area contributed by atoms with Gasteiger partial charge in [0.25, 0.3) is 0 Å². The van der Waals surface area contributed by atoms with E-state index in [4.69, 9.17) is 22.7 Å². The van der Waals surface area contributed by atoms with Gasteiger partial charge in [0.1, 0.15) is 5.84 Å². The van der Waals surface area contributed by atoms with Gasteiger partial charge in [-0.3, -0.25) is 4.79 Å². The molecule has 1 unspecified atom stereocenters. The minimum Gasteiger partial charge on any atom is -0.469 e. The third kappa shape index (κ3) is 3.96. The number of ether oxygens (including phenoxy) is 1. The minimum atomic E-state index is -0.187. The first kappa shape index (κ1) is 13.9. The van der Waals surface area contributed by atoms with E-state index in [1.165, 1.54) is 7.11 Å². The van der Waals surface area contributed by atoms with Gasteiger partial charge in [0.2, 0.25) is 0 Å². The summed E-state index contributed by atoms with van der Waals surface area (Å²) in [6, 6.07) is 0.162. The van der Waals surface area contributed by atoms with Gasteiger partial charge in [-0.25, -0.2) is 4.99 Å². The molecule has 0 spiro atoms. The summed E-state index contributed by atoms with van der Waals surface area (Å²) in [5, 5.41) is 0.153. The highest BCUT2D eigenvalue weighted by Gasteiger charge is 2.30. The molecule has 0 aliphatic carbocycles. The largest absolute Gasteiger partial charge is 0.469 e. The van der Waals surface area contributed by atoms with Crippen LogP contribution in [0.5, 0.6) is 0 Å². The molecule has 0 aromatic heterocycles. The molecule has 96 valence electrons. The van der Waals surface area contributed by atoms with Crippen LogP contribution >= 0.6 is 12.2 Å². The first-order chi connectivity index (χ1) is 8.08. The van der Waals surface area contributed by atoms with Crippen LogP contribution in [0.2, 0.25) is 0 Å². The van der Waals surface area contributed by atoms with E-state index in [1.807, 2.05) is 0 Å². The molecule has 0 amide bonds. The van der Waals surface area contributed by atoms with Crippen LogP contribution in [-0.4, -0.2) is 41.5 Å². The Labute approximate surface area is 107 Å². The summed E-state index contributed by atoms with van der Waals surface area (Å²) in [5.74, 6) is 0.709. The first-order valence-corrected chi connectivity index (χ1v) is 6.19. The van der Waals surface area contributed by atoms with E-state index in [0.29, 0.717) is 6.42 Å². The zero-order valence-corrected chi connectivity index (χ0v) is 11.1. The number of hydrogen-bond donors (Lipinski definition) is 1. The van der Waals surface area contributed by atoms with Crippen molar-refractivity contribution in [1.29, 1.82) is 0 Å². The smallest absolute Gasteiger partial charge is 0.307 e. The zero-order valence-electron chi connectivity index (χ0n) is 10.3. The van der Waals surface area contributed by atoms with E-state index in [-0.39, 0.29) is 17.1 Å². The second kappa shape index (κ2) is 6.54. The molecule has 1 aliphatic rings. The Bertz CT molecular complexity index is 331. The lowest BCUT2D eigenvalue weighted by atomic mass is 10.1. The maximum atomic E-state index is 11.3. The summed E-state index contributed by atoms with van der Waals surface area (Å²) >= 11 is 4.79. The standard InChI is InChI=1S/C11H19N3O2S/c1-3-6-14-8(7-10(15)16-2)4-5-9(14)13-11(12)17/h8H,3-7H2,1-2H3,(H2,12,17)/b13-9+. The third-order valence-corrected chi connectivity index (χ3v) is 2.90. The number of nitrogens with two attached hydrogens (primary N) is 1. The normalized spacial score (nSPS) is 21.9. The number of esters is 1. The predicted octanol–water partition coefficient (Wildman–Crippen LogP) is 1.07. The number of rotatable bonds is 4. The van der Waals surface area contributed by atoms with E-state index in [1.54, 1.807) is 0 Å². The molecule has 1 aliphatic heterocycles. The van der Waals surface area contributed by atoms with Gasteiger partial charge in [0.15, 0.2) is 5.11 Å². The number of carbonyl (C=O) groups excluding carboxylic acids is 1. The van der Waals surface area contributed by atoms with Crippen molar-refractivity contribution in [2.45, 2.75) is 38.6 Å². The summed E-state index contributed by atoms with van der Waals surface area (Å²) in [5.41, 5.74) is 5.43. The van der Waals surface area contributed by atoms with E-state index in [0.717, 1.165) is 31.6 Å². The molecule has 0 aromatic carbocycles. The number of aliphatic imine (C=N–C) groups is 1. The van der Waals surface area contributed by atoms with E-state index >= 15 is 0 Å². The Kier molecular flexibility index (Phi) is 5.34. The molecule has 5 nitrogen and oxygen atoms in total. The fourth-order valence-electron chi connectivity index (χ4n) is 2.09. The molecule has 6 heteroatoms. The zero-order chi connectivity index (χ0) is 12.8. The molecular weight excluding hydrogens is 238 g/mol. The molecule has 0 saturated carbocycles. The maximum absolute atomic E-state index is 11.3. The van der Waals surface area contributed by atoms with Crippen molar-refractivity contribution in [2.24, 2.45) is 10.7 Å². The van der Waals surface area contributed by atoms with Crippen LogP contribution in [0.25, 0.3) is 0 Å². The van der Waals surface area contributed by atoms with Gasteiger partial charge < -0.3 is 15.4 Å². The van der Waals surface area contributed by atoms with Gasteiger partial charge in [0, 0.05) is 19.0 Å². The monoisotopic (exact) mass is 257 g/mol. The summed E-state index contributed by atoms with van der Waals surface area (Å²) in [6.45, 7) is 2.95. The summed E-state index contributed by atoms with van der Waals surface area (Å²) in [6.07, 6.45) is 3.11. The van der Waals surface area contributed by atoms with Crippen LogP contribution in [0.3, 0.4) is 0 Å². The SMILES string of the molecule is CCCN1/C(=N/C(N)=S)CCC1CC(=O)OC. The second-order valence-electron chi connectivity index (χ2n) is 4.03. The van der Waals surface area contributed by atoms with Crippen LogP contribution in [0.15, 0.2) is 4.99 Å². The Morgan fingerprint density at radius 3 is 2.94 bits per heavy atom. The van der Waals surface area contributed by atoms with Crippen molar-refractivity contribution in [2.75, 3.05) is 13.7 Å². The lowest BCUT2D eigenvalue weighted by molar-refractivity contribution is -0.141. The number of thiocarbonyl (C=S) groups is 1. The molecule has 0 bridgehead atoms. The van der Waals surface area contributed by atoms with Crippen molar-refractivity contribution < 1.29 is 9.53 Å². The average molecular weight is 257 g/mol. The molecule has 17 heavy (non-hydrogen) atoms. The Morgan fingerprint density at radius 2 is 2.41 bits per heavy atom. The number of hydrogen-bond acceptors (Lipinski definition) is 3. The number of methoxy groups -OCH3 is 1. The van der Waals surface area contributed by atoms with Crippen LogP contribution in [0.4, 0.5) is 0 Å². The third-order valence-electron chi connectivity index (χ3n) is 2.81. The van der Waals surface area contributed by atoms with Crippen molar-refractivity contribution in [3.05, 3.63) is 0 Å². The fourth-order valence-corrected chi connectivity index (χ4v) is 2.20. The van der Waals surface area contributed by atoms with Crippen molar-refractivity contribution in [3.63, 3.8) is 0 Å². The molecule has 1 fully saturated rings. The molecule has 0 radical (unpaired) electrons. The van der Waals surface area contributed by atoms with Gasteiger partial charge in [-0.2, -0.15) is 0 Å². The summed E-state index contributed by atoms with van der Waals surface area (Å²) < 4.78 is 4.70. The maximum Gasteiger partial charge on any atom is 0.307 e. The Balaban J connectivity index is 2.73. The van der Waals surface area contributed by atoms with Crippen LogP contribution in [0, 0.1) is 0 Å². The summed E-state index contributed by atoms with van der Waals surface area (Å²) in [7, 11) is 1.41. The quantitative estimate of drug-likeness (QED) is 0.602. The average Bonchev–Trinajstić information content (AvgIpc) is 2.62. The van der Waals surface area contributed by atoms with E-state index in [9.17, 15) is 4.79 Å². The van der Waals surface area contributed by atoms with Gasteiger partial charge in [-0.1, -0.05) is 6.92 Å². The molecule has 1 saturated heterocycles. The predicted molar refractivity (Wildman–Crippen MR) is 70.9 cm³/mol. The van der Waals surface area contributed by atoms with Crippen LogP contribution in [0.1, 0.15) is 32.6 Å². The van der Waals surface area contributed by atoms with Gasteiger partial charge in [-0.05, 0) is 25.1 Å². The molecule has 1 rings (SSSR count). The molecule has 1 heterocycles. The van der Waals surface area contributed by atoms with Crippen molar-refractivity contribution in [1.82, 2.24) is 4.90 Å². The topological polar surface area (TPSA) is 67.9 Å². The highest BCUT2D eigenvalue weighted by atomic mass is 32.1. The second-order valence-corrected chi connectivity index (χ2v) is 4.45. The summed E-state index contributed by atoms with van der Waals surface area (Å²) in [4.78, 5) is 17.6. The lowest BCUT2D eigenvalue weighted by Crippen LogP contribution is -2.36. The van der Waals surface area contributed by atoms with Crippen molar-refractivity contribution >= 4 is 29.1 Å². The highest BCUT2D eigenvalue weighted by molar-refractivity contribution is 7.80. The van der Waals surface area contributed by atoms with Crippen molar-refractivity contribution in [3.8, 4) is 0 Å². The van der Waals surface area contributed by atoms with E-state index < -0.39 is 0 Å². The lowest BCUT2D eigenvalue weighted by Gasteiger charge is -2.25. The Morgan fingerprint density at radius 1 is 1.71 bits per heavy atom. The molecular formula is C11H19N3O2S.